The van der Waals surface area contributed by atoms with Crippen LogP contribution < -0.4 is 0 Å². The largest absolute Gasteiger partial charge is 0.480 e. The van der Waals surface area contributed by atoms with E-state index in [0.29, 0.717) is 19.6 Å². The van der Waals surface area contributed by atoms with Gasteiger partial charge in [0.15, 0.2) is 0 Å². The van der Waals surface area contributed by atoms with Crippen LogP contribution in [0.3, 0.4) is 0 Å². The summed E-state index contributed by atoms with van der Waals surface area (Å²) < 4.78 is 7.12. The van der Waals surface area contributed by atoms with Gasteiger partial charge < -0.3 is 9.84 Å². The molecule has 2 saturated heterocycles. The lowest BCUT2D eigenvalue weighted by Gasteiger charge is -2.42. The molecule has 8 heteroatoms. The normalized spacial score (nSPS) is 28.0. The maximum atomic E-state index is 11.7. The molecule has 1 aromatic heterocycles. The Morgan fingerprint density at radius 3 is 2.71 bits per heavy atom. The summed E-state index contributed by atoms with van der Waals surface area (Å²) in [5, 5.41) is 17.4. The van der Waals surface area contributed by atoms with E-state index in [-0.39, 0.29) is 0 Å². The van der Waals surface area contributed by atoms with E-state index < -0.39 is 11.5 Å². The Morgan fingerprint density at radius 1 is 1.43 bits per heavy atom. The lowest BCUT2D eigenvalue weighted by atomic mass is 9.95. The minimum absolute atomic E-state index is 0.300. The number of piperazine rings is 1. The van der Waals surface area contributed by atoms with E-state index in [0.717, 1.165) is 38.4 Å². The van der Waals surface area contributed by atoms with E-state index in [1.807, 2.05) is 7.05 Å². The molecule has 2 aliphatic heterocycles. The number of hydrogen-bond acceptors (Lipinski definition) is 6. The summed E-state index contributed by atoms with van der Waals surface area (Å²) >= 11 is 0. The Bertz CT molecular complexity index is 504. The van der Waals surface area contributed by atoms with Crippen molar-refractivity contribution in [2.24, 2.45) is 7.05 Å². The molecular formula is C13H21N5O3. The van der Waals surface area contributed by atoms with Crippen LogP contribution >= 0.6 is 0 Å². The van der Waals surface area contributed by atoms with Crippen LogP contribution in [0.4, 0.5) is 0 Å². The minimum Gasteiger partial charge on any atom is -0.480 e. The summed E-state index contributed by atoms with van der Waals surface area (Å²) in [6.07, 6.45) is 2.35. The van der Waals surface area contributed by atoms with Crippen molar-refractivity contribution in [1.29, 1.82) is 0 Å². The summed E-state index contributed by atoms with van der Waals surface area (Å²) in [7, 11) is 1.88. The standard InChI is InChI=1S/C13H21N5O3/c1-16-11(8-14-15-16)9-17-3-5-18(6-4-17)13(12(19)20)2-7-21-10-13/h8H,2-7,9-10H2,1H3,(H,19,20). The van der Waals surface area contributed by atoms with E-state index >= 15 is 0 Å². The van der Waals surface area contributed by atoms with Gasteiger partial charge in [-0.05, 0) is 0 Å². The highest BCUT2D eigenvalue weighted by Gasteiger charge is 2.48. The number of carboxylic acid groups (broad SMARTS) is 1. The molecule has 0 spiro atoms. The van der Waals surface area contributed by atoms with Crippen molar-refractivity contribution >= 4 is 5.97 Å². The first-order valence-electron chi connectivity index (χ1n) is 7.24. The monoisotopic (exact) mass is 295 g/mol. The van der Waals surface area contributed by atoms with Crippen LogP contribution in [0.25, 0.3) is 0 Å². The first-order chi connectivity index (χ1) is 10.1. The lowest BCUT2D eigenvalue weighted by molar-refractivity contribution is -0.153. The van der Waals surface area contributed by atoms with Gasteiger partial charge in [0.25, 0.3) is 0 Å². The third-order valence-corrected chi connectivity index (χ3v) is 4.57. The van der Waals surface area contributed by atoms with Gasteiger partial charge in [0, 0.05) is 52.8 Å². The van der Waals surface area contributed by atoms with E-state index in [9.17, 15) is 9.90 Å². The zero-order valence-corrected chi connectivity index (χ0v) is 12.2. The van der Waals surface area contributed by atoms with Crippen LogP contribution in [0.1, 0.15) is 12.1 Å². The predicted molar refractivity (Wildman–Crippen MR) is 73.7 cm³/mol. The second-order valence-electron chi connectivity index (χ2n) is 5.75. The molecule has 2 fully saturated rings. The Balaban J connectivity index is 1.60. The molecular weight excluding hydrogens is 274 g/mol. The fourth-order valence-electron chi connectivity index (χ4n) is 3.12. The van der Waals surface area contributed by atoms with Crippen molar-refractivity contribution < 1.29 is 14.6 Å². The molecule has 0 radical (unpaired) electrons. The highest BCUT2D eigenvalue weighted by Crippen LogP contribution is 2.28. The zero-order valence-electron chi connectivity index (χ0n) is 12.2. The van der Waals surface area contributed by atoms with Crippen LogP contribution in [0.5, 0.6) is 0 Å². The number of carbonyl (C=O) groups is 1. The fraction of sp³-hybridized carbons (Fsp3) is 0.769. The third-order valence-electron chi connectivity index (χ3n) is 4.57. The van der Waals surface area contributed by atoms with Gasteiger partial charge >= 0.3 is 5.97 Å². The van der Waals surface area contributed by atoms with Gasteiger partial charge in [0.05, 0.1) is 18.5 Å². The predicted octanol–water partition coefficient (Wildman–Crippen LogP) is -0.824. The number of rotatable bonds is 4. The number of ether oxygens (including phenoxy) is 1. The molecule has 0 aromatic carbocycles. The van der Waals surface area contributed by atoms with Crippen LogP contribution in [0, 0.1) is 0 Å². The fourth-order valence-corrected chi connectivity index (χ4v) is 3.12. The van der Waals surface area contributed by atoms with Gasteiger partial charge in [-0.2, -0.15) is 0 Å². The molecule has 0 amide bonds. The molecule has 0 aliphatic carbocycles. The van der Waals surface area contributed by atoms with E-state index in [2.05, 4.69) is 20.1 Å². The molecule has 8 nitrogen and oxygen atoms in total. The van der Waals surface area contributed by atoms with Crippen molar-refractivity contribution in [3.8, 4) is 0 Å². The molecule has 2 aliphatic rings. The number of hydrogen-bond donors (Lipinski definition) is 1. The molecule has 21 heavy (non-hydrogen) atoms. The molecule has 3 heterocycles. The highest BCUT2D eigenvalue weighted by molar-refractivity contribution is 5.79. The minimum atomic E-state index is -0.819. The maximum absolute atomic E-state index is 11.7. The summed E-state index contributed by atoms with van der Waals surface area (Å²) in [5.74, 6) is -0.760. The molecule has 0 saturated carbocycles. The van der Waals surface area contributed by atoms with Gasteiger partial charge in [-0.25, -0.2) is 0 Å². The molecule has 3 rings (SSSR count). The first kappa shape index (κ1) is 14.4. The second-order valence-corrected chi connectivity index (χ2v) is 5.75. The Morgan fingerprint density at radius 2 is 2.19 bits per heavy atom. The van der Waals surface area contributed by atoms with Gasteiger partial charge in [-0.1, -0.05) is 5.21 Å². The molecule has 116 valence electrons. The SMILES string of the molecule is Cn1nncc1CN1CCN(C2(C(=O)O)CCOC2)CC1. The van der Waals surface area contributed by atoms with Gasteiger partial charge in [0.1, 0.15) is 5.54 Å². The number of nitrogens with zero attached hydrogens (tertiary/aromatic N) is 5. The Kier molecular flexibility index (Phi) is 3.92. The maximum Gasteiger partial charge on any atom is 0.326 e. The number of carboxylic acids is 1. The van der Waals surface area contributed by atoms with Crippen molar-refractivity contribution in [3.05, 3.63) is 11.9 Å². The quantitative estimate of drug-likeness (QED) is 0.776. The number of aromatic nitrogens is 3. The number of aliphatic carboxylic acids is 1. The van der Waals surface area contributed by atoms with Gasteiger partial charge in [-0.15, -0.1) is 5.10 Å². The van der Waals surface area contributed by atoms with Crippen molar-refractivity contribution in [2.75, 3.05) is 39.4 Å². The molecule has 1 unspecified atom stereocenters. The lowest BCUT2D eigenvalue weighted by Crippen LogP contribution is -2.61. The van der Waals surface area contributed by atoms with E-state index in [4.69, 9.17) is 4.74 Å². The average molecular weight is 295 g/mol. The average Bonchev–Trinajstić information content (AvgIpc) is 3.11. The summed E-state index contributed by atoms with van der Waals surface area (Å²) in [4.78, 5) is 16.0. The molecule has 0 bridgehead atoms. The Hall–Kier alpha value is -1.51. The molecule has 1 N–H and O–H groups in total. The highest BCUT2D eigenvalue weighted by atomic mass is 16.5. The van der Waals surface area contributed by atoms with Crippen LogP contribution in [0.2, 0.25) is 0 Å². The zero-order chi connectivity index (χ0) is 14.9. The third kappa shape index (κ3) is 2.66. The van der Waals surface area contributed by atoms with Crippen molar-refractivity contribution in [3.63, 3.8) is 0 Å². The summed E-state index contributed by atoms with van der Waals surface area (Å²) in [6, 6.07) is 0. The molecule has 1 aromatic rings. The van der Waals surface area contributed by atoms with Crippen LogP contribution in [0.15, 0.2) is 6.20 Å². The van der Waals surface area contributed by atoms with E-state index in [1.165, 1.54) is 0 Å². The van der Waals surface area contributed by atoms with Crippen LogP contribution in [-0.4, -0.2) is 80.8 Å². The van der Waals surface area contributed by atoms with Crippen LogP contribution in [-0.2, 0) is 23.1 Å². The summed E-state index contributed by atoms with van der Waals surface area (Å²) in [5.41, 5.74) is 0.251. The number of aryl methyl sites for hydroxylation is 1. The second kappa shape index (κ2) is 5.70. The summed E-state index contributed by atoms with van der Waals surface area (Å²) in [6.45, 7) is 4.83. The van der Waals surface area contributed by atoms with Crippen molar-refractivity contribution in [1.82, 2.24) is 24.8 Å². The van der Waals surface area contributed by atoms with Gasteiger partial charge in [-0.3, -0.25) is 19.3 Å². The van der Waals surface area contributed by atoms with Gasteiger partial charge in [0.2, 0.25) is 0 Å². The van der Waals surface area contributed by atoms with Crippen molar-refractivity contribution in [2.45, 2.75) is 18.5 Å². The first-order valence-corrected chi connectivity index (χ1v) is 7.24. The smallest absolute Gasteiger partial charge is 0.326 e. The molecule has 1 atom stereocenters. The Labute approximate surface area is 123 Å². The topological polar surface area (TPSA) is 83.7 Å². The van der Waals surface area contributed by atoms with E-state index in [1.54, 1.807) is 10.9 Å².